The van der Waals surface area contributed by atoms with E-state index in [9.17, 15) is 4.79 Å². The number of thioether (sulfide) groups is 1. The third-order valence-electron chi connectivity index (χ3n) is 4.34. The number of carbonyl (C=O) groups excluding carboxylic acids is 1. The fraction of sp³-hybridized carbons (Fsp3) is 0.263. The Morgan fingerprint density at radius 1 is 1.29 bits per heavy atom. The highest BCUT2D eigenvalue weighted by molar-refractivity contribution is 8.00. The standard InChI is InChI=1S/C19H18ClN5O2S/c1-27-16-10-7-13(11-15(16)20)21-18(26)17(12-5-3-2-4-6-12)28-19-22-23-24-25(19)14-8-9-14/h2-7,10-11,14,17H,8-9H2,1H3,(H,21,26)/t17-/m1/s1. The Morgan fingerprint density at radius 2 is 2.07 bits per heavy atom. The smallest absolute Gasteiger partial charge is 0.242 e. The molecule has 0 unspecified atom stereocenters. The van der Waals surface area contributed by atoms with Crippen molar-refractivity contribution in [1.82, 2.24) is 20.2 Å². The van der Waals surface area contributed by atoms with Gasteiger partial charge in [-0.25, -0.2) is 4.68 Å². The van der Waals surface area contributed by atoms with E-state index >= 15 is 0 Å². The van der Waals surface area contributed by atoms with Gasteiger partial charge in [0.2, 0.25) is 11.1 Å². The van der Waals surface area contributed by atoms with Gasteiger partial charge in [0.15, 0.2) is 0 Å². The number of nitrogens with one attached hydrogen (secondary N) is 1. The Hall–Kier alpha value is -2.58. The predicted octanol–water partition coefficient (Wildman–Crippen LogP) is 4.14. The van der Waals surface area contributed by atoms with Gasteiger partial charge < -0.3 is 10.1 Å². The normalized spacial score (nSPS) is 14.5. The number of rotatable bonds is 7. The SMILES string of the molecule is COc1ccc(NC(=O)[C@H](Sc2nnnn2C2CC2)c2ccccc2)cc1Cl. The van der Waals surface area contributed by atoms with Crippen LogP contribution in [0, 0.1) is 0 Å². The van der Waals surface area contributed by atoms with Crippen LogP contribution < -0.4 is 10.1 Å². The predicted molar refractivity (Wildman–Crippen MR) is 108 cm³/mol. The van der Waals surface area contributed by atoms with Crippen LogP contribution in [0.15, 0.2) is 53.7 Å². The maximum absolute atomic E-state index is 13.1. The van der Waals surface area contributed by atoms with Crippen molar-refractivity contribution in [2.24, 2.45) is 0 Å². The second kappa shape index (κ2) is 8.20. The highest BCUT2D eigenvalue weighted by Gasteiger charge is 2.31. The van der Waals surface area contributed by atoms with Crippen LogP contribution >= 0.6 is 23.4 Å². The van der Waals surface area contributed by atoms with E-state index in [-0.39, 0.29) is 5.91 Å². The summed E-state index contributed by atoms with van der Waals surface area (Å²) in [5.74, 6) is 0.375. The van der Waals surface area contributed by atoms with Gasteiger partial charge in [0, 0.05) is 5.69 Å². The second-order valence-corrected chi connectivity index (χ2v) is 7.86. The van der Waals surface area contributed by atoms with E-state index in [2.05, 4.69) is 20.8 Å². The van der Waals surface area contributed by atoms with Gasteiger partial charge in [0.25, 0.3) is 0 Å². The minimum absolute atomic E-state index is 0.178. The summed E-state index contributed by atoms with van der Waals surface area (Å²) in [6, 6.07) is 15.0. The molecule has 0 aliphatic heterocycles. The number of amides is 1. The lowest BCUT2D eigenvalue weighted by Crippen LogP contribution is -2.19. The third kappa shape index (κ3) is 4.13. The number of ether oxygens (including phenoxy) is 1. The molecule has 1 fully saturated rings. The molecule has 28 heavy (non-hydrogen) atoms. The molecule has 1 saturated carbocycles. The number of methoxy groups -OCH3 is 1. The fourth-order valence-corrected chi connectivity index (χ4v) is 4.07. The number of benzene rings is 2. The molecule has 0 radical (unpaired) electrons. The maximum atomic E-state index is 13.1. The summed E-state index contributed by atoms with van der Waals surface area (Å²) in [5, 5.41) is 15.5. The van der Waals surface area contributed by atoms with Crippen LogP contribution in [0.25, 0.3) is 0 Å². The first-order chi connectivity index (χ1) is 13.7. The number of carbonyl (C=O) groups is 1. The molecule has 0 bridgehead atoms. The molecular weight excluding hydrogens is 398 g/mol. The van der Waals surface area contributed by atoms with Gasteiger partial charge in [-0.15, -0.1) is 5.10 Å². The summed E-state index contributed by atoms with van der Waals surface area (Å²) in [5.41, 5.74) is 1.47. The zero-order valence-electron chi connectivity index (χ0n) is 15.1. The van der Waals surface area contributed by atoms with E-state index in [1.807, 2.05) is 30.3 Å². The van der Waals surface area contributed by atoms with Crippen LogP contribution in [-0.4, -0.2) is 33.2 Å². The molecule has 7 nitrogen and oxygen atoms in total. The molecular formula is C19H18ClN5O2S. The maximum Gasteiger partial charge on any atom is 0.242 e. The van der Waals surface area contributed by atoms with Gasteiger partial charge >= 0.3 is 0 Å². The summed E-state index contributed by atoms with van der Waals surface area (Å²) in [7, 11) is 1.55. The van der Waals surface area contributed by atoms with Gasteiger partial charge in [-0.2, -0.15) is 0 Å². The molecule has 1 aromatic heterocycles. The minimum atomic E-state index is -0.509. The lowest BCUT2D eigenvalue weighted by Gasteiger charge is -2.17. The van der Waals surface area contributed by atoms with Gasteiger partial charge in [-0.1, -0.05) is 53.7 Å². The van der Waals surface area contributed by atoms with Crippen molar-refractivity contribution >= 4 is 35.0 Å². The van der Waals surface area contributed by atoms with Crippen molar-refractivity contribution in [3.8, 4) is 5.75 Å². The number of aromatic nitrogens is 4. The molecule has 9 heteroatoms. The first-order valence-electron chi connectivity index (χ1n) is 8.79. The lowest BCUT2D eigenvalue weighted by molar-refractivity contribution is -0.115. The zero-order chi connectivity index (χ0) is 19.5. The molecule has 1 aliphatic carbocycles. The number of halogens is 1. The zero-order valence-corrected chi connectivity index (χ0v) is 16.7. The topological polar surface area (TPSA) is 81.9 Å². The Morgan fingerprint density at radius 3 is 2.75 bits per heavy atom. The molecule has 2 aromatic carbocycles. The van der Waals surface area contributed by atoms with Gasteiger partial charge in [0.1, 0.15) is 11.0 Å². The van der Waals surface area contributed by atoms with Crippen LogP contribution in [0.2, 0.25) is 5.02 Å². The first kappa shape index (κ1) is 18.8. The van der Waals surface area contributed by atoms with E-state index in [0.29, 0.717) is 27.7 Å². The summed E-state index contributed by atoms with van der Waals surface area (Å²) >= 11 is 7.52. The second-order valence-electron chi connectivity index (χ2n) is 6.38. The quantitative estimate of drug-likeness (QED) is 0.584. The Bertz CT molecular complexity index is 977. The number of nitrogens with zero attached hydrogens (tertiary/aromatic N) is 4. The Balaban J connectivity index is 1.58. The average molecular weight is 416 g/mol. The monoisotopic (exact) mass is 415 g/mol. The minimum Gasteiger partial charge on any atom is -0.495 e. The molecule has 1 heterocycles. The highest BCUT2D eigenvalue weighted by atomic mass is 35.5. The molecule has 3 aromatic rings. The lowest BCUT2D eigenvalue weighted by atomic mass is 10.1. The molecule has 4 rings (SSSR count). The van der Waals surface area contributed by atoms with E-state index in [1.165, 1.54) is 11.8 Å². The number of anilines is 1. The Labute approximate surface area is 171 Å². The molecule has 1 atom stereocenters. The summed E-state index contributed by atoms with van der Waals surface area (Å²) in [4.78, 5) is 13.1. The number of hydrogen-bond donors (Lipinski definition) is 1. The van der Waals surface area contributed by atoms with Crippen LogP contribution in [0.5, 0.6) is 5.75 Å². The van der Waals surface area contributed by atoms with Crippen molar-refractivity contribution in [1.29, 1.82) is 0 Å². The van der Waals surface area contributed by atoms with Crippen LogP contribution in [-0.2, 0) is 4.79 Å². The summed E-state index contributed by atoms with van der Waals surface area (Å²) < 4.78 is 6.96. The molecule has 1 N–H and O–H groups in total. The van der Waals surface area contributed by atoms with E-state index in [1.54, 1.807) is 30.0 Å². The molecule has 1 aliphatic rings. The van der Waals surface area contributed by atoms with Gasteiger partial charge in [-0.05, 0) is 47.0 Å². The van der Waals surface area contributed by atoms with E-state index in [4.69, 9.17) is 16.3 Å². The van der Waals surface area contributed by atoms with Crippen molar-refractivity contribution in [3.05, 3.63) is 59.1 Å². The fourth-order valence-electron chi connectivity index (χ4n) is 2.77. The van der Waals surface area contributed by atoms with Crippen molar-refractivity contribution in [2.75, 3.05) is 12.4 Å². The largest absolute Gasteiger partial charge is 0.495 e. The number of hydrogen-bond acceptors (Lipinski definition) is 6. The van der Waals surface area contributed by atoms with Crippen molar-refractivity contribution < 1.29 is 9.53 Å². The average Bonchev–Trinajstić information content (AvgIpc) is 3.45. The molecule has 144 valence electrons. The van der Waals surface area contributed by atoms with E-state index in [0.717, 1.165) is 18.4 Å². The molecule has 0 saturated heterocycles. The van der Waals surface area contributed by atoms with Crippen LogP contribution in [0.3, 0.4) is 0 Å². The third-order valence-corrected chi connectivity index (χ3v) is 5.84. The van der Waals surface area contributed by atoms with E-state index < -0.39 is 5.25 Å². The van der Waals surface area contributed by atoms with Gasteiger partial charge in [0.05, 0.1) is 18.2 Å². The first-order valence-corrected chi connectivity index (χ1v) is 10.1. The summed E-state index contributed by atoms with van der Waals surface area (Å²) in [6.45, 7) is 0. The van der Waals surface area contributed by atoms with Crippen molar-refractivity contribution in [3.63, 3.8) is 0 Å². The Kier molecular flexibility index (Phi) is 5.50. The number of tetrazole rings is 1. The van der Waals surface area contributed by atoms with Crippen molar-refractivity contribution in [2.45, 2.75) is 29.3 Å². The summed E-state index contributed by atoms with van der Waals surface area (Å²) in [6.07, 6.45) is 2.12. The van der Waals surface area contributed by atoms with Crippen LogP contribution in [0.1, 0.15) is 29.7 Å². The molecule has 0 spiro atoms. The molecule has 1 amide bonds. The highest BCUT2D eigenvalue weighted by Crippen LogP contribution is 2.41. The van der Waals surface area contributed by atoms with Gasteiger partial charge in [-0.3, -0.25) is 4.79 Å². The van der Waals surface area contributed by atoms with Crippen LogP contribution in [0.4, 0.5) is 5.69 Å².